The number of rotatable bonds is 4. The molecule has 0 radical (unpaired) electrons. The molecule has 1 amide bonds. The Bertz CT molecular complexity index is 1320. The molecule has 1 saturated heterocycles. The molecule has 0 unspecified atom stereocenters. The molecule has 8 heteroatoms. The monoisotopic (exact) mass is 454 g/mol. The van der Waals surface area contributed by atoms with Crippen LogP contribution in [0.3, 0.4) is 0 Å². The van der Waals surface area contributed by atoms with E-state index in [1.807, 2.05) is 41.3 Å². The zero-order chi connectivity index (χ0) is 23.0. The van der Waals surface area contributed by atoms with Gasteiger partial charge in [-0.25, -0.2) is 0 Å². The number of halogens is 3. The average molecular weight is 454 g/mol. The SMILES string of the molecule is O=C(Cc1coc2ccc3ccccc3c12)Nc1ccc(N2CCOCC2)cc1C(F)(F)F. The summed E-state index contributed by atoms with van der Waals surface area (Å²) in [5, 5.41) is 5.17. The highest BCUT2D eigenvalue weighted by Gasteiger charge is 2.35. The van der Waals surface area contributed by atoms with E-state index in [1.165, 1.54) is 12.3 Å². The molecule has 1 N–H and O–H groups in total. The molecule has 2 heterocycles. The predicted octanol–water partition coefficient (Wildman–Crippen LogP) is 5.62. The lowest BCUT2D eigenvalue weighted by molar-refractivity contribution is -0.136. The van der Waals surface area contributed by atoms with E-state index in [1.54, 1.807) is 6.07 Å². The third kappa shape index (κ3) is 4.26. The van der Waals surface area contributed by atoms with Crippen LogP contribution in [0.4, 0.5) is 24.5 Å². The largest absolute Gasteiger partial charge is 0.464 e. The molecule has 1 fully saturated rings. The summed E-state index contributed by atoms with van der Waals surface area (Å²) in [5.74, 6) is -0.546. The van der Waals surface area contributed by atoms with Crippen LogP contribution in [0.15, 0.2) is 65.3 Å². The van der Waals surface area contributed by atoms with Crippen molar-refractivity contribution in [2.45, 2.75) is 12.6 Å². The lowest BCUT2D eigenvalue weighted by atomic mass is 10.0. The van der Waals surface area contributed by atoms with Crippen molar-refractivity contribution in [2.24, 2.45) is 0 Å². The van der Waals surface area contributed by atoms with Gasteiger partial charge in [-0.3, -0.25) is 4.79 Å². The van der Waals surface area contributed by atoms with Crippen LogP contribution in [-0.4, -0.2) is 32.2 Å². The van der Waals surface area contributed by atoms with Crippen molar-refractivity contribution < 1.29 is 27.1 Å². The highest BCUT2D eigenvalue weighted by molar-refractivity contribution is 6.09. The number of furan rings is 1. The zero-order valence-corrected chi connectivity index (χ0v) is 17.6. The van der Waals surface area contributed by atoms with Gasteiger partial charge < -0.3 is 19.4 Å². The normalized spacial score (nSPS) is 14.7. The van der Waals surface area contributed by atoms with E-state index in [4.69, 9.17) is 9.15 Å². The van der Waals surface area contributed by atoms with Gasteiger partial charge in [0.25, 0.3) is 0 Å². The van der Waals surface area contributed by atoms with E-state index >= 15 is 0 Å². The fourth-order valence-corrected chi connectivity index (χ4v) is 4.27. The fraction of sp³-hybridized carbons (Fsp3) is 0.240. The molecule has 0 spiro atoms. The molecule has 0 bridgehead atoms. The molecular weight excluding hydrogens is 433 g/mol. The van der Waals surface area contributed by atoms with E-state index < -0.39 is 17.6 Å². The number of anilines is 2. The number of amides is 1. The van der Waals surface area contributed by atoms with Gasteiger partial charge >= 0.3 is 6.18 Å². The summed E-state index contributed by atoms with van der Waals surface area (Å²) in [7, 11) is 0. The molecule has 1 aliphatic rings. The number of carbonyl (C=O) groups excluding carboxylic acids is 1. The third-order valence-corrected chi connectivity index (χ3v) is 5.85. The number of carbonyl (C=O) groups is 1. The van der Waals surface area contributed by atoms with Gasteiger partial charge in [0.15, 0.2) is 0 Å². The quantitative estimate of drug-likeness (QED) is 0.435. The highest BCUT2D eigenvalue weighted by Crippen LogP contribution is 2.38. The number of benzene rings is 3. The minimum atomic E-state index is -4.61. The number of alkyl halides is 3. The lowest BCUT2D eigenvalue weighted by Gasteiger charge is -2.29. The number of hydrogen-bond acceptors (Lipinski definition) is 4. The van der Waals surface area contributed by atoms with Crippen LogP contribution in [-0.2, 0) is 22.1 Å². The van der Waals surface area contributed by atoms with Crippen molar-refractivity contribution in [1.82, 2.24) is 0 Å². The van der Waals surface area contributed by atoms with E-state index in [2.05, 4.69) is 5.32 Å². The first-order chi connectivity index (χ1) is 15.9. The van der Waals surface area contributed by atoms with Crippen molar-refractivity contribution in [3.05, 3.63) is 72.0 Å². The summed E-state index contributed by atoms with van der Waals surface area (Å²) in [6, 6.07) is 15.4. The number of nitrogens with zero attached hydrogens (tertiary/aromatic N) is 1. The van der Waals surface area contributed by atoms with Gasteiger partial charge in [0.2, 0.25) is 5.91 Å². The molecule has 5 nitrogen and oxygen atoms in total. The Kier molecular flexibility index (Phi) is 5.46. The Balaban J connectivity index is 1.42. The highest BCUT2D eigenvalue weighted by atomic mass is 19.4. The van der Waals surface area contributed by atoms with Gasteiger partial charge in [-0.15, -0.1) is 0 Å². The number of morpholine rings is 1. The number of fused-ring (bicyclic) bond motifs is 3. The summed E-state index contributed by atoms with van der Waals surface area (Å²) >= 11 is 0. The third-order valence-electron chi connectivity index (χ3n) is 5.85. The van der Waals surface area contributed by atoms with E-state index in [9.17, 15) is 18.0 Å². The number of ether oxygens (including phenoxy) is 1. The minimum absolute atomic E-state index is 0.108. The number of hydrogen-bond donors (Lipinski definition) is 1. The second kappa shape index (κ2) is 8.44. The van der Waals surface area contributed by atoms with Crippen LogP contribution < -0.4 is 10.2 Å². The smallest absolute Gasteiger partial charge is 0.418 e. The predicted molar refractivity (Wildman–Crippen MR) is 121 cm³/mol. The maximum absolute atomic E-state index is 13.8. The lowest BCUT2D eigenvalue weighted by Crippen LogP contribution is -2.36. The van der Waals surface area contributed by atoms with E-state index in [0.29, 0.717) is 43.1 Å². The molecule has 0 saturated carbocycles. The van der Waals surface area contributed by atoms with Crippen LogP contribution in [0.25, 0.3) is 21.7 Å². The molecule has 0 atom stereocenters. The molecule has 0 aliphatic carbocycles. The van der Waals surface area contributed by atoms with Gasteiger partial charge in [0.05, 0.1) is 37.1 Å². The summed E-state index contributed by atoms with van der Waals surface area (Å²) in [5.41, 5.74) is 0.570. The molecule has 3 aromatic carbocycles. The van der Waals surface area contributed by atoms with Gasteiger partial charge in [-0.1, -0.05) is 30.3 Å². The maximum Gasteiger partial charge on any atom is 0.418 e. The van der Waals surface area contributed by atoms with Gasteiger partial charge in [0.1, 0.15) is 5.58 Å². The van der Waals surface area contributed by atoms with Crippen molar-refractivity contribution >= 4 is 39.0 Å². The van der Waals surface area contributed by atoms with Crippen molar-refractivity contribution in [3.8, 4) is 0 Å². The van der Waals surface area contributed by atoms with Gasteiger partial charge in [-0.2, -0.15) is 13.2 Å². The summed E-state index contributed by atoms with van der Waals surface area (Å²) in [4.78, 5) is 14.6. The van der Waals surface area contributed by atoms with E-state index in [0.717, 1.165) is 22.2 Å². The van der Waals surface area contributed by atoms with Crippen molar-refractivity contribution in [1.29, 1.82) is 0 Å². The van der Waals surface area contributed by atoms with Crippen LogP contribution in [0.1, 0.15) is 11.1 Å². The molecule has 1 aromatic heterocycles. The van der Waals surface area contributed by atoms with Crippen molar-refractivity contribution in [3.63, 3.8) is 0 Å². The first-order valence-electron chi connectivity index (χ1n) is 10.6. The Morgan fingerprint density at radius 2 is 1.82 bits per heavy atom. The average Bonchev–Trinajstić information content (AvgIpc) is 3.22. The second-order valence-corrected chi connectivity index (χ2v) is 7.97. The van der Waals surface area contributed by atoms with Crippen LogP contribution in [0, 0.1) is 0 Å². The van der Waals surface area contributed by atoms with E-state index in [-0.39, 0.29) is 12.1 Å². The number of nitrogens with one attached hydrogen (secondary N) is 1. The molecule has 5 rings (SSSR count). The van der Waals surface area contributed by atoms with Crippen LogP contribution in [0.5, 0.6) is 0 Å². The standard InChI is InChI=1S/C25H21F3N2O3/c26-25(27,28)20-14-18(30-9-11-32-12-10-30)6-7-21(20)29-23(31)13-17-15-33-22-8-5-16-3-1-2-4-19(16)24(17)22/h1-8,14-15H,9-13H2,(H,29,31). The second-order valence-electron chi connectivity index (χ2n) is 7.97. The molecule has 1 aliphatic heterocycles. The molecule has 33 heavy (non-hydrogen) atoms. The molecular formula is C25H21F3N2O3. The summed E-state index contributed by atoms with van der Waals surface area (Å²) in [6.07, 6.45) is -3.23. The Morgan fingerprint density at radius 1 is 1.03 bits per heavy atom. The first-order valence-corrected chi connectivity index (χ1v) is 10.6. The van der Waals surface area contributed by atoms with Crippen molar-refractivity contribution in [2.75, 3.05) is 36.5 Å². The summed E-state index contributed by atoms with van der Waals surface area (Å²) < 4.78 is 52.3. The van der Waals surface area contributed by atoms with Gasteiger partial charge in [-0.05, 0) is 35.0 Å². The first kappa shape index (κ1) is 21.3. The summed E-state index contributed by atoms with van der Waals surface area (Å²) in [6.45, 7) is 1.97. The maximum atomic E-state index is 13.8. The van der Waals surface area contributed by atoms with Crippen LogP contribution in [0.2, 0.25) is 0 Å². The van der Waals surface area contributed by atoms with Crippen LogP contribution >= 0.6 is 0 Å². The topological polar surface area (TPSA) is 54.7 Å². The minimum Gasteiger partial charge on any atom is -0.464 e. The zero-order valence-electron chi connectivity index (χ0n) is 17.6. The molecule has 4 aromatic rings. The van der Waals surface area contributed by atoms with Gasteiger partial charge in [0, 0.05) is 29.7 Å². The Hall–Kier alpha value is -3.52. The Morgan fingerprint density at radius 3 is 2.61 bits per heavy atom. The fourth-order valence-electron chi connectivity index (χ4n) is 4.27. The molecule has 170 valence electrons. The Labute approximate surface area is 187 Å².